The number of anilines is 1. The van der Waals surface area contributed by atoms with E-state index >= 15 is 0 Å². The Balaban J connectivity index is 1.84. The van der Waals surface area contributed by atoms with Crippen LogP contribution >= 0.6 is 0 Å². The molecule has 3 heterocycles. The Morgan fingerprint density at radius 3 is 2.67 bits per heavy atom. The summed E-state index contributed by atoms with van der Waals surface area (Å²) in [5, 5.41) is 14.1. The van der Waals surface area contributed by atoms with Crippen LogP contribution in [0.4, 0.5) is 10.5 Å². The van der Waals surface area contributed by atoms with Gasteiger partial charge < -0.3 is 14.7 Å². The van der Waals surface area contributed by atoms with E-state index in [0.29, 0.717) is 18.8 Å². The fraction of sp³-hybridized carbons (Fsp3) is 0.688. The van der Waals surface area contributed by atoms with Crippen LogP contribution in [-0.4, -0.2) is 56.1 Å². The van der Waals surface area contributed by atoms with E-state index in [1.165, 1.54) is 0 Å². The van der Waals surface area contributed by atoms with Gasteiger partial charge in [-0.3, -0.25) is 14.4 Å². The van der Waals surface area contributed by atoms with Crippen molar-refractivity contribution < 1.29 is 19.4 Å². The molecule has 1 aromatic rings. The molecule has 8 heteroatoms. The molecule has 132 valence electrons. The summed E-state index contributed by atoms with van der Waals surface area (Å²) in [5.41, 5.74) is 0.894. The van der Waals surface area contributed by atoms with Gasteiger partial charge in [0.25, 0.3) is 0 Å². The lowest BCUT2D eigenvalue weighted by Crippen LogP contribution is -2.47. The van der Waals surface area contributed by atoms with Gasteiger partial charge in [-0.1, -0.05) is 0 Å². The molecular weight excluding hydrogens is 312 g/mol. The number of β-amino-alcohol motifs (C(OH)–C–C–N with tert-alkyl or cyclic N) is 1. The Hall–Kier alpha value is -2.09. The quantitative estimate of drug-likeness (QED) is 0.830. The second-order valence-corrected chi connectivity index (χ2v) is 7.48. The van der Waals surface area contributed by atoms with Crippen LogP contribution in [0.5, 0.6) is 0 Å². The summed E-state index contributed by atoms with van der Waals surface area (Å²) in [6.07, 6.45) is 0.728. The number of aromatic nitrogens is 2. The molecular formula is C16H24N4O4. The third-order valence-electron chi connectivity index (χ3n) is 4.24. The van der Waals surface area contributed by atoms with Crippen molar-refractivity contribution in [2.75, 3.05) is 11.4 Å². The Morgan fingerprint density at radius 2 is 2.08 bits per heavy atom. The topological polar surface area (TPSA) is 87.9 Å². The minimum absolute atomic E-state index is 0.0556. The highest BCUT2D eigenvalue weighted by atomic mass is 16.6. The van der Waals surface area contributed by atoms with Gasteiger partial charge in [0.2, 0.25) is 5.91 Å². The van der Waals surface area contributed by atoms with Gasteiger partial charge in [-0.2, -0.15) is 5.10 Å². The summed E-state index contributed by atoms with van der Waals surface area (Å²) in [5.74, 6) is -0.124. The number of nitrogens with zero attached hydrogens (tertiary/aromatic N) is 4. The van der Waals surface area contributed by atoms with E-state index in [1.54, 1.807) is 16.0 Å². The highest BCUT2D eigenvalue weighted by Crippen LogP contribution is 2.30. The molecule has 0 unspecified atom stereocenters. The number of carbonyl (C=O) groups is 2. The number of fused-ring (bicyclic) bond motifs is 1. The maximum atomic E-state index is 12.5. The van der Waals surface area contributed by atoms with Crippen LogP contribution in [-0.2, 0) is 22.6 Å². The summed E-state index contributed by atoms with van der Waals surface area (Å²) in [4.78, 5) is 27.7. The van der Waals surface area contributed by atoms with Crippen molar-refractivity contribution in [1.29, 1.82) is 0 Å². The van der Waals surface area contributed by atoms with E-state index < -0.39 is 11.7 Å². The molecule has 24 heavy (non-hydrogen) atoms. The molecule has 0 saturated carbocycles. The first-order valence-corrected chi connectivity index (χ1v) is 8.18. The molecule has 0 spiro atoms. The number of carbonyl (C=O) groups excluding carboxylic acids is 2. The van der Waals surface area contributed by atoms with Gasteiger partial charge in [-0.05, 0) is 27.7 Å². The van der Waals surface area contributed by atoms with Crippen molar-refractivity contribution in [1.82, 2.24) is 14.7 Å². The molecule has 8 nitrogen and oxygen atoms in total. The van der Waals surface area contributed by atoms with E-state index in [1.807, 2.05) is 32.4 Å². The number of hydrogen-bond donors (Lipinski definition) is 1. The fourth-order valence-corrected chi connectivity index (χ4v) is 3.10. The molecule has 1 N–H and O–H groups in total. The van der Waals surface area contributed by atoms with Gasteiger partial charge in [0, 0.05) is 0 Å². The third kappa shape index (κ3) is 3.10. The van der Waals surface area contributed by atoms with Crippen LogP contribution in [0, 0.1) is 0 Å². The average molecular weight is 336 g/mol. The van der Waals surface area contributed by atoms with Gasteiger partial charge in [0.05, 0.1) is 55.8 Å². The molecule has 2 aliphatic heterocycles. The van der Waals surface area contributed by atoms with Gasteiger partial charge in [0.15, 0.2) is 0 Å². The van der Waals surface area contributed by atoms with Gasteiger partial charge in [-0.25, -0.2) is 4.79 Å². The average Bonchev–Trinajstić information content (AvgIpc) is 2.98. The summed E-state index contributed by atoms with van der Waals surface area (Å²) in [7, 11) is 0. The normalized spacial score (nSPS) is 24.3. The SMILES string of the molecule is C[C@H]1Cn2ncc(N3C[C@H](O)CC3=O)c2CN1C(=O)OC(C)(C)C. The number of rotatable bonds is 1. The van der Waals surface area contributed by atoms with E-state index in [9.17, 15) is 14.7 Å². The first kappa shape index (κ1) is 16.8. The Morgan fingerprint density at radius 1 is 1.38 bits per heavy atom. The standard InChI is InChI=1S/C16H24N4O4/c1-10-7-20-13(9-18(10)15(23)24-16(2,3)4)12(6-17-20)19-8-11(21)5-14(19)22/h6,10-11,21H,5,7-9H2,1-4H3/t10-,11+/m0/s1. The molecule has 0 radical (unpaired) electrons. The number of hydrogen-bond acceptors (Lipinski definition) is 5. The first-order valence-electron chi connectivity index (χ1n) is 8.18. The maximum absolute atomic E-state index is 12.5. The zero-order valence-corrected chi connectivity index (χ0v) is 14.5. The smallest absolute Gasteiger partial charge is 0.410 e. The minimum Gasteiger partial charge on any atom is -0.444 e. The summed E-state index contributed by atoms with van der Waals surface area (Å²) in [6, 6.07) is -0.0556. The van der Waals surface area contributed by atoms with Crippen LogP contribution in [0.1, 0.15) is 39.8 Å². The van der Waals surface area contributed by atoms with E-state index in [2.05, 4.69) is 5.10 Å². The molecule has 2 amide bonds. The highest BCUT2D eigenvalue weighted by Gasteiger charge is 2.36. The Kier molecular flexibility index (Phi) is 4.03. The number of amides is 2. The van der Waals surface area contributed by atoms with Crippen LogP contribution in [0.15, 0.2) is 6.20 Å². The molecule has 2 aliphatic rings. The Bertz CT molecular complexity index is 664. The molecule has 2 atom stereocenters. The van der Waals surface area contributed by atoms with Crippen molar-refractivity contribution in [2.24, 2.45) is 0 Å². The zero-order chi connectivity index (χ0) is 17.6. The largest absolute Gasteiger partial charge is 0.444 e. The van der Waals surface area contributed by atoms with Crippen LogP contribution < -0.4 is 4.90 Å². The zero-order valence-electron chi connectivity index (χ0n) is 14.5. The summed E-state index contributed by atoms with van der Waals surface area (Å²) < 4.78 is 7.30. The van der Waals surface area contributed by atoms with Crippen molar-refractivity contribution in [2.45, 2.75) is 65.0 Å². The molecule has 1 fully saturated rings. The summed E-state index contributed by atoms with van der Waals surface area (Å²) >= 11 is 0. The van der Waals surface area contributed by atoms with Crippen molar-refractivity contribution in [3.05, 3.63) is 11.9 Å². The number of aliphatic hydroxyl groups is 1. The van der Waals surface area contributed by atoms with Crippen LogP contribution in [0.25, 0.3) is 0 Å². The molecule has 0 aliphatic carbocycles. The lowest BCUT2D eigenvalue weighted by Gasteiger charge is -2.36. The molecule has 0 bridgehead atoms. The lowest BCUT2D eigenvalue weighted by molar-refractivity contribution is -0.117. The fourth-order valence-electron chi connectivity index (χ4n) is 3.10. The number of aliphatic hydroxyl groups excluding tert-OH is 1. The van der Waals surface area contributed by atoms with E-state index in [4.69, 9.17) is 4.74 Å². The number of ether oxygens (including phenoxy) is 1. The van der Waals surface area contributed by atoms with Gasteiger partial charge in [-0.15, -0.1) is 0 Å². The van der Waals surface area contributed by atoms with Crippen molar-refractivity contribution >= 4 is 17.7 Å². The predicted molar refractivity (Wildman–Crippen MR) is 86.4 cm³/mol. The molecule has 1 aromatic heterocycles. The highest BCUT2D eigenvalue weighted by molar-refractivity contribution is 5.96. The molecule has 3 rings (SSSR count). The van der Waals surface area contributed by atoms with Gasteiger partial charge >= 0.3 is 6.09 Å². The monoisotopic (exact) mass is 336 g/mol. The third-order valence-corrected chi connectivity index (χ3v) is 4.24. The van der Waals surface area contributed by atoms with Crippen molar-refractivity contribution in [3.8, 4) is 0 Å². The minimum atomic E-state index is -0.655. The predicted octanol–water partition coefficient (Wildman–Crippen LogP) is 1.12. The van der Waals surface area contributed by atoms with Gasteiger partial charge in [0.1, 0.15) is 5.60 Å². The second kappa shape index (κ2) is 5.77. The molecule has 1 saturated heterocycles. The first-order chi connectivity index (χ1) is 11.2. The molecule has 0 aromatic carbocycles. The second-order valence-electron chi connectivity index (χ2n) is 7.48. The van der Waals surface area contributed by atoms with E-state index in [-0.39, 0.29) is 31.0 Å². The van der Waals surface area contributed by atoms with Crippen LogP contribution in [0.3, 0.4) is 0 Å². The van der Waals surface area contributed by atoms with Crippen LogP contribution in [0.2, 0.25) is 0 Å². The lowest BCUT2D eigenvalue weighted by atomic mass is 10.2. The van der Waals surface area contributed by atoms with Crippen molar-refractivity contribution in [3.63, 3.8) is 0 Å². The van der Waals surface area contributed by atoms with E-state index in [0.717, 1.165) is 5.69 Å². The summed E-state index contributed by atoms with van der Waals surface area (Å²) in [6.45, 7) is 8.57. The Labute approximate surface area is 141 Å². The maximum Gasteiger partial charge on any atom is 0.410 e.